The van der Waals surface area contributed by atoms with Gasteiger partial charge in [0.05, 0.1) is 13.2 Å². The third-order valence-electron chi connectivity index (χ3n) is 6.06. The third-order valence-corrected chi connectivity index (χ3v) is 6.06. The maximum Gasteiger partial charge on any atom is 0.193 e. The molecule has 1 aromatic rings. The van der Waals surface area contributed by atoms with Crippen LogP contribution in [0.3, 0.4) is 0 Å². The summed E-state index contributed by atoms with van der Waals surface area (Å²) < 4.78 is 11.7. The van der Waals surface area contributed by atoms with Crippen LogP contribution in [0.4, 0.5) is 0 Å². The molecule has 6 nitrogen and oxygen atoms in total. The lowest BCUT2D eigenvalue weighted by atomic mass is 9.88. The van der Waals surface area contributed by atoms with E-state index in [0.29, 0.717) is 6.61 Å². The number of benzene rings is 1. The Kier molecular flexibility index (Phi) is 8.98. The lowest BCUT2D eigenvalue weighted by Crippen LogP contribution is -2.58. The summed E-state index contributed by atoms with van der Waals surface area (Å²) >= 11 is 0. The molecule has 3 rings (SSSR count). The molecular formula is C21H35IN4O2. The molecule has 0 radical (unpaired) electrons. The molecule has 1 N–H and O–H groups in total. The number of aryl methyl sites for hydroxylation is 1. The summed E-state index contributed by atoms with van der Waals surface area (Å²) in [5, 5.41) is 3.64. The SMILES string of the molecule is CN=C(NCC1(N(C)C)CCOCC1)N1CCOC(c2ccccc2C)C1.I. The number of hydrogen-bond donors (Lipinski definition) is 1. The van der Waals surface area contributed by atoms with E-state index < -0.39 is 0 Å². The first-order chi connectivity index (χ1) is 13.1. The van der Waals surface area contributed by atoms with Crippen LogP contribution in [0.5, 0.6) is 0 Å². The minimum Gasteiger partial charge on any atom is -0.381 e. The Bertz CT molecular complexity index is 647. The molecule has 28 heavy (non-hydrogen) atoms. The molecule has 0 amide bonds. The van der Waals surface area contributed by atoms with Crippen molar-refractivity contribution in [1.82, 2.24) is 15.1 Å². The molecule has 158 valence electrons. The average molecular weight is 502 g/mol. The van der Waals surface area contributed by atoms with Crippen LogP contribution < -0.4 is 5.32 Å². The fraction of sp³-hybridized carbons (Fsp3) is 0.667. The normalized spacial score (nSPS) is 22.7. The van der Waals surface area contributed by atoms with E-state index in [1.807, 2.05) is 7.05 Å². The number of rotatable bonds is 4. The third kappa shape index (κ3) is 5.37. The van der Waals surface area contributed by atoms with Gasteiger partial charge in [-0.25, -0.2) is 0 Å². The zero-order valence-corrected chi connectivity index (χ0v) is 19.9. The summed E-state index contributed by atoms with van der Waals surface area (Å²) in [7, 11) is 6.20. The molecule has 1 atom stereocenters. The van der Waals surface area contributed by atoms with Crippen LogP contribution >= 0.6 is 24.0 Å². The van der Waals surface area contributed by atoms with Crippen molar-refractivity contribution in [2.45, 2.75) is 31.4 Å². The van der Waals surface area contributed by atoms with Gasteiger partial charge in [-0.3, -0.25) is 4.99 Å². The van der Waals surface area contributed by atoms with E-state index >= 15 is 0 Å². The lowest BCUT2D eigenvalue weighted by Gasteiger charge is -2.44. The summed E-state index contributed by atoms with van der Waals surface area (Å²) in [4.78, 5) is 9.22. The van der Waals surface area contributed by atoms with Gasteiger partial charge in [-0.05, 0) is 45.0 Å². The average Bonchev–Trinajstić information content (AvgIpc) is 2.69. The van der Waals surface area contributed by atoms with E-state index in [9.17, 15) is 0 Å². The van der Waals surface area contributed by atoms with Gasteiger partial charge in [0.25, 0.3) is 0 Å². The number of guanidine groups is 1. The number of likely N-dealkylation sites (N-methyl/N-ethyl adjacent to an activating group) is 1. The van der Waals surface area contributed by atoms with Crippen molar-refractivity contribution < 1.29 is 9.47 Å². The highest BCUT2D eigenvalue weighted by Gasteiger charge is 2.35. The Morgan fingerprint density at radius 1 is 1.25 bits per heavy atom. The maximum atomic E-state index is 6.07. The van der Waals surface area contributed by atoms with Gasteiger partial charge >= 0.3 is 0 Å². The van der Waals surface area contributed by atoms with Crippen molar-refractivity contribution in [1.29, 1.82) is 0 Å². The molecule has 0 bridgehead atoms. The molecule has 0 saturated carbocycles. The molecule has 1 aromatic carbocycles. The highest BCUT2D eigenvalue weighted by atomic mass is 127. The molecular weight excluding hydrogens is 467 g/mol. The summed E-state index contributed by atoms with van der Waals surface area (Å²) in [5.74, 6) is 0.963. The molecule has 2 fully saturated rings. The first-order valence-corrected chi connectivity index (χ1v) is 9.94. The van der Waals surface area contributed by atoms with E-state index in [4.69, 9.17) is 9.47 Å². The summed E-state index contributed by atoms with van der Waals surface area (Å²) in [6, 6.07) is 8.48. The van der Waals surface area contributed by atoms with Crippen molar-refractivity contribution in [3.8, 4) is 0 Å². The fourth-order valence-electron chi connectivity index (χ4n) is 4.09. The number of aliphatic imine (C=N–C) groups is 1. The second-order valence-corrected chi connectivity index (χ2v) is 7.79. The highest BCUT2D eigenvalue weighted by Crippen LogP contribution is 2.27. The summed E-state index contributed by atoms with van der Waals surface area (Å²) in [6.45, 7) is 7.07. The first-order valence-electron chi connectivity index (χ1n) is 9.94. The van der Waals surface area contributed by atoms with Gasteiger partial charge in [0.15, 0.2) is 5.96 Å². The quantitative estimate of drug-likeness (QED) is 0.390. The molecule has 0 aromatic heterocycles. The smallest absolute Gasteiger partial charge is 0.193 e. The molecule has 2 aliphatic rings. The van der Waals surface area contributed by atoms with Crippen molar-refractivity contribution >= 4 is 29.9 Å². The van der Waals surface area contributed by atoms with Gasteiger partial charge < -0.3 is 24.6 Å². The van der Waals surface area contributed by atoms with Crippen molar-refractivity contribution in [3.63, 3.8) is 0 Å². The first kappa shape index (κ1) is 23.4. The summed E-state index contributed by atoms with van der Waals surface area (Å²) in [6.07, 6.45) is 2.17. The Morgan fingerprint density at radius 2 is 1.96 bits per heavy atom. The summed E-state index contributed by atoms with van der Waals surface area (Å²) in [5.41, 5.74) is 2.67. The van der Waals surface area contributed by atoms with E-state index in [-0.39, 0.29) is 35.6 Å². The molecule has 2 aliphatic heterocycles. The van der Waals surface area contributed by atoms with Crippen LogP contribution in [0.2, 0.25) is 0 Å². The number of morpholine rings is 1. The fourth-order valence-corrected chi connectivity index (χ4v) is 4.09. The van der Waals surface area contributed by atoms with Gasteiger partial charge in [-0.1, -0.05) is 24.3 Å². The van der Waals surface area contributed by atoms with Gasteiger partial charge in [0.2, 0.25) is 0 Å². The topological polar surface area (TPSA) is 49.3 Å². The monoisotopic (exact) mass is 502 g/mol. The zero-order chi connectivity index (χ0) is 19.3. The second kappa shape index (κ2) is 10.8. The standard InChI is InChI=1S/C21H34N4O2.HI/c1-17-7-5-6-8-18(17)19-15-25(11-14-27-19)20(22-2)23-16-21(24(3)4)9-12-26-13-10-21;/h5-8,19H,9-16H2,1-4H3,(H,22,23);1H. The van der Waals surface area contributed by atoms with Crippen molar-refractivity contribution in [2.75, 3.05) is 60.6 Å². The highest BCUT2D eigenvalue weighted by molar-refractivity contribution is 14.0. The zero-order valence-electron chi connectivity index (χ0n) is 17.6. The lowest BCUT2D eigenvalue weighted by molar-refractivity contribution is -0.0125. The minimum absolute atomic E-state index is 0. The van der Waals surface area contributed by atoms with E-state index in [0.717, 1.165) is 51.6 Å². The number of nitrogens with one attached hydrogen (secondary N) is 1. The Balaban J connectivity index is 0.00000280. The molecule has 0 spiro atoms. The molecule has 0 aliphatic carbocycles. The van der Waals surface area contributed by atoms with Crippen LogP contribution in [0.15, 0.2) is 29.3 Å². The number of halogens is 1. The minimum atomic E-state index is 0. The van der Waals surface area contributed by atoms with Gasteiger partial charge in [0, 0.05) is 38.9 Å². The van der Waals surface area contributed by atoms with Gasteiger partial charge in [-0.2, -0.15) is 0 Å². The van der Waals surface area contributed by atoms with Crippen molar-refractivity contribution in [3.05, 3.63) is 35.4 Å². The van der Waals surface area contributed by atoms with Crippen LogP contribution in [0.1, 0.15) is 30.1 Å². The molecule has 2 saturated heterocycles. The number of ether oxygens (including phenoxy) is 2. The predicted octanol–water partition coefficient (Wildman–Crippen LogP) is 2.67. The Hall–Kier alpha value is -0.900. The van der Waals surface area contributed by atoms with Crippen LogP contribution in [-0.4, -0.2) is 81.9 Å². The number of hydrogen-bond acceptors (Lipinski definition) is 4. The second-order valence-electron chi connectivity index (χ2n) is 7.79. The van der Waals surface area contributed by atoms with E-state index in [2.05, 4.69) is 65.4 Å². The van der Waals surface area contributed by atoms with Gasteiger partial charge in [-0.15, -0.1) is 24.0 Å². The predicted molar refractivity (Wildman–Crippen MR) is 125 cm³/mol. The van der Waals surface area contributed by atoms with Crippen LogP contribution in [0.25, 0.3) is 0 Å². The Morgan fingerprint density at radius 3 is 2.61 bits per heavy atom. The molecule has 1 unspecified atom stereocenters. The van der Waals surface area contributed by atoms with Gasteiger partial charge in [0.1, 0.15) is 6.10 Å². The number of nitrogens with zero attached hydrogens (tertiary/aromatic N) is 3. The largest absolute Gasteiger partial charge is 0.381 e. The molecule has 2 heterocycles. The van der Waals surface area contributed by atoms with E-state index in [1.54, 1.807) is 0 Å². The van der Waals surface area contributed by atoms with Crippen LogP contribution in [-0.2, 0) is 9.47 Å². The van der Waals surface area contributed by atoms with E-state index in [1.165, 1.54) is 11.1 Å². The van der Waals surface area contributed by atoms with Crippen LogP contribution in [0, 0.1) is 6.92 Å². The Labute approximate surface area is 186 Å². The van der Waals surface area contributed by atoms with Crippen molar-refractivity contribution in [2.24, 2.45) is 4.99 Å². The molecule has 7 heteroatoms. The maximum absolute atomic E-state index is 6.07.